The van der Waals surface area contributed by atoms with E-state index in [-0.39, 0.29) is 5.91 Å². The second-order valence-electron chi connectivity index (χ2n) is 8.24. The molecule has 5 aromatic rings. The van der Waals surface area contributed by atoms with Crippen molar-refractivity contribution in [3.8, 4) is 22.8 Å². The number of hydrogen-bond donors (Lipinski definition) is 2. The van der Waals surface area contributed by atoms with E-state index in [1.807, 2.05) is 116 Å². The van der Waals surface area contributed by atoms with E-state index in [0.29, 0.717) is 21.4 Å². The van der Waals surface area contributed by atoms with Crippen LogP contribution in [0, 0.1) is 6.92 Å². The zero-order valence-corrected chi connectivity index (χ0v) is 20.9. The fraction of sp³-hybridized carbons (Fsp3) is 0.0333. The molecule has 0 radical (unpaired) electrons. The number of ether oxygens (including phenoxy) is 1. The van der Waals surface area contributed by atoms with Crippen molar-refractivity contribution >= 4 is 33.6 Å². The van der Waals surface area contributed by atoms with Crippen LogP contribution in [0.25, 0.3) is 11.3 Å². The van der Waals surface area contributed by atoms with Gasteiger partial charge < -0.3 is 10.1 Å². The number of aryl methyl sites for hydroxylation is 1. The van der Waals surface area contributed by atoms with E-state index in [0.717, 1.165) is 28.2 Å². The van der Waals surface area contributed by atoms with Crippen LogP contribution in [0.2, 0.25) is 0 Å². The first-order valence-electron chi connectivity index (χ1n) is 11.7. The Morgan fingerprint density at radius 1 is 0.865 bits per heavy atom. The molecule has 182 valence electrons. The molecule has 2 N–H and O–H groups in total. The van der Waals surface area contributed by atoms with Crippen molar-refractivity contribution in [3.63, 3.8) is 0 Å². The molecule has 1 amide bonds. The zero-order chi connectivity index (χ0) is 25.5. The Hall–Kier alpha value is -4.75. The van der Waals surface area contributed by atoms with Gasteiger partial charge in [0.25, 0.3) is 5.91 Å². The van der Waals surface area contributed by atoms with Crippen LogP contribution in [0.1, 0.15) is 21.5 Å². The molecule has 1 aromatic heterocycles. The third-order valence-corrected chi connectivity index (χ3v) is 6.30. The van der Waals surface area contributed by atoms with E-state index in [1.54, 1.807) is 6.21 Å². The van der Waals surface area contributed by atoms with Crippen molar-refractivity contribution < 1.29 is 9.53 Å². The van der Waals surface area contributed by atoms with Gasteiger partial charge in [0.05, 0.1) is 6.21 Å². The standard InChI is InChI=1S/C30H24N4O2S/c1-21-15-17-24(18-16-21)28(35)33-29-27(23-10-4-2-5-11-23)32-30(37-29)34-31-20-22-9-8-14-26(19-22)36-25-12-6-3-7-13-25/h2-20H,1H3,(H,32,34)(H,33,35)/b31-20-. The lowest BCUT2D eigenvalue weighted by Crippen LogP contribution is -2.11. The Balaban J connectivity index is 1.33. The molecule has 7 heteroatoms. The monoisotopic (exact) mass is 504 g/mol. The van der Waals surface area contributed by atoms with Crippen LogP contribution in [-0.4, -0.2) is 17.1 Å². The van der Waals surface area contributed by atoms with Gasteiger partial charge in [0.15, 0.2) is 0 Å². The molecule has 0 atom stereocenters. The van der Waals surface area contributed by atoms with Crippen molar-refractivity contribution in [2.45, 2.75) is 6.92 Å². The number of rotatable bonds is 8. The Morgan fingerprint density at radius 2 is 1.57 bits per heavy atom. The molecule has 0 spiro atoms. The van der Waals surface area contributed by atoms with Crippen molar-refractivity contribution in [1.82, 2.24) is 4.98 Å². The molecule has 0 aliphatic heterocycles. The van der Waals surface area contributed by atoms with Crippen LogP contribution in [0.4, 0.5) is 10.1 Å². The fourth-order valence-corrected chi connectivity index (χ4v) is 4.40. The summed E-state index contributed by atoms with van der Waals surface area (Å²) < 4.78 is 5.90. The Bertz CT molecular complexity index is 1510. The summed E-state index contributed by atoms with van der Waals surface area (Å²) in [4.78, 5) is 17.6. The summed E-state index contributed by atoms with van der Waals surface area (Å²) in [5.74, 6) is 1.30. The van der Waals surface area contributed by atoms with Crippen LogP contribution in [0.5, 0.6) is 11.5 Å². The predicted molar refractivity (Wildman–Crippen MR) is 151 cm³/mol. The molecule has 0 fully saturated rings. The highest BCUT2D eigenvalue weighted by Gasteiger charge is 2.16. The summed E-state index contributed by atoms with van der Waals surface area (Å²) in [6, 6.07) is 34.5. The maximum Gasteiger partial charge on any atom is 0.256 e. The topological polar surface area (TPSA) is 75.6 Å². The second kappa shape index (κ2) is 11.3. The molecule has 0 saturated heterocycles. The van der Waals surface area contributed by atoms with Crippen LogP contribution in [0.15, 0.2) is 114 Å². The molecule has 0 saturated carbocycles. The van der Waals surface area contributed by atoms with E-state index in [4.69, 9.17) is 9.72 Å². The SMILES string of the molecule is Cc1ccc(C(=O)Nc2sc(N/N=C\c3cccc(Oc4ccccc4)c3)nc2-c2ccccc2)cc1. The average Bonchev–Trinajstić information content (AvgIpc) is 3.32. The van der Waals surface area contributed by atoms with Gasteiger partial charge in [-0.15, -0.1) is 0 Å². The zero-order valence-electron chi connectivity index (χ0n) is 20.1. The van der Waals surface area contributed by atoms with Gasteiger partial charge in [-0.2, -0.15) is 5.10 Å². The lowest BCUT2D eigenvalue weighted by molar-refractivity contribution is 0.102. The van der Waals surface area contributed by atoms with Gasteiger partial charge in [0, 0.05) is 11.1 Å². The molecule has 37 heavy (non-hydrogen) atoms. The molecular weight excluding hydrogens is 480 g/mol. The number of hydrazone groups is 1. The molecule has 1 heterocycles. The summed E-state index contributed by atoms with van der Waals surface area (Å²) in [5.41, 5.74) is 7.14. The number of nitrogens with one attached hydrogen (secondary N) is 2. The van der Waals surface area contributed by atoms with Crippen molar-refractivity contribution in [3.05, 3.63) is 126 Å². The molecular formula is C30H24N4O2S. The number of anilines is 2. The van der Waals surface area contributed by atoms with Crippen molar-refractivity contribution in [1.29, 1.82) is 0 Å². The molecule has 6 nitrogen and oxygen atoms in total. The molecule has 0 unspecified atom stereocenters. The number of benzene rings is 4. The fourth-order valence-electron chi connectivity index (χ4n) is 3.57. The number of hydrogen-bond acceptors (Lipinski definition) is 6. The highest BCUT2D eigenvalue weighted by Crippen LogP contribution is 2.36. The Labute approximate surface area is 219 Å². The Morgan fingerprint density at radius 3 is 2.32 bits per heavy atom. The number of para-hydroxylation sites is 1. The third kappa shape index (κ3) is 6.28. The van der Waals surface area contributed by atoms with E-state index in [2.05, 4.69) is 15.8 Å². The minimum Gasteiger partial charge on any atom is -0.457 e. The highest BCUT2D eigenvalue weighted by atomic mass is 32.1. The summed E-state index contributed by atoms with van der Waals surface area (Å²) in [7, 11) is 0. The third-order valence-electron chi connectivity index (χ3n) is 5.43. The number of aromatic nitrogens is 1. The Kier molecular flexibility index (Phi) is 7.34. The maximum absolute atomic E-state index is 12.9. The largest absolute Gasteiger partial charge is 0.457 e. The van der Waals surface area contributed by atoms with Gasteiger partial charge in [0.1, 0.15) is 22.2 Å². The first-order chi connectivity index (χ1) is 18.1. The smallest absolute Gasteiger partial charge is 0.256 e. The first-order valence-corrected chi connectivity index (χ1v) is 12.5. The van der Waals surface area contributed by atoms with Crippen LogP contribution in [-0.2, 0) is 0 Å². The van der Waals surface area contributed by atoms with E-state index in [1.165, 1.54) is 11.3 Å². The summed E-state index contributed by atoms with van der Waals surface area (Å²) in [6.45, 7) is 1.99. The minimum atomic E-state index is -0.189. The number of carbonyl (C=O) groups is 1. The average molecular weight is 505 g/mol. The molecule has 0 aliphatic rings. The van der Waals surface area contributed by atoms with Gasteiger partial charge in [-0.1, -0.05) is 89.7 Å². The molecule has 0 bridgehead atoms. The quantitative estimate of drug-likeness (QED) is 0.168. The normalized spacial score (nSPS) is 10.8. The van der Waals surface area contributed by atoms with E-state index in [9.17, 15) is 4.79 Å². The molecule has 5 rings (SSSR count). The van der Waals surface area contributed by atoms with Gasteiger partial charge in [0.2, 0.25) is 5.13 Å². The van der Waals surface area contributed by atoms with Gasteiger partial charge in [-0.25, -0.2) is 4.98 Å². The van der Waals surface area contributed by atoms with Crippen molar-refractivity contribution in [2.24, 2.45) is 5.10 Å². The predicted octanol–water partition coefficient (Wildman–Crippen LogP) is 7.61. The number of nitrogens with zero attached hydrogens (tertiary/aromatic N) is 2. The highest BCUT2D eigenvalue weighted by molar-refractivity contribution is 7.20. The van der Waals surface area contributed by atoms with E-state index < -0.39 is 0 Å². The number of carbonyl (C=O) groups excluding carboxylic acids is 1. The van der Waals surface area contributed by atoms with Crippen LogP contribution in [0.3, 0.4) is 0 Å². The summed E-state index contributed by atoms with van der Waals surface area (Å²) in [6.07, 6.45) is 1.70. The van der Waals surface area contributed by atoms with E-state index >= 15 is 0 Å². The molecule has 4 aromatic carbocycles. The number of thiazole rings is 1. The lowest BCUT2D eigenvalue weighted by atomic mass is 10.1. The second-order valence-corrected chi connectivity index (χ2v) is 9.24. The number of amides is 1. The maximum atomic E-state index is 12.9. The molecule has 0 aliphatic carbocycles. The summed E-state index contributed by atoms with van der Waals surface area (Å²) >= 11 is 1.33. The van der Waals surface area contributed by atoms with Crippen LogP contribution < -0.4 is 15.5 Å². The van der Waals surface area contributed by atoms with Crippen molar-refractivity contribution in [2.75, 3.05) is 10.7 Å². The lowest BCUT2D eigenvalue weighted by Gasteiger charge is -2.05. The summed E-state index contributed by atoms with van der Waals surface area (Å²) in [5, 5.41) is 8.58. The van der Waals surface area contributed by atoms with Gasteiger partial charge in [-0.3, -0.25) is 10.2 Å². The van der Waals surface area contributed by atoms with Gasteiger partial charge >= 0.3 is 0 Å². The first kappa shape index (κ1) is 24.0. The van der Waals surface area contributed by atoms with Crippen LogP contribution >= 0.6 is 11.3 Å². The van der Waals surface area contributed by atoms with Gasteiger partial charge in [-0.05, 0) is 48.9 Å². The minimum absolute atomic E-state index is 0.189.